The van der Waals surface area contributed by atoms with E-state index < -0.39 is 29.7 Å². The lowest BCUT2D eigenvalue weighted by Crippen LogP contribution is -2.44. The Labute approximate surface area is 154 Å². The zero-order valence-corrected chi connectivity index (χ0v) is 14.4. The smallest absolute Gasteiger partial charge is 0.319 e. The minimum atomic E-state index is -1.13. The lowest BCUT2D eigenvalue weighted by atomic mass is 10.1. The van der Waals surface area contributed by atoms with E-state index in [0.29, 0.717) is 5.69 Å². The highest BCUT2D eigenvalue weighted by Crippen LogP contribution is 2.29. The molecule has 9 nitrogen and oxygen atoms in total. The number of nitrogens with one attached hydrogen (secondary N) is 3. The molecule has 2 fully saturated rings. The minimum absolute atomic E-state index is 0.103. The fourth-order valence-corrected chi connectivity index (χ4v) is 3.79. The van der Waals surface area contributed by atoms with Crippen molar-refractivity contribution in [1.82, 2.24) is 15.5 Å². The number of urea groups is 1. The van der Waals surface area contributed by atoms with Gasteiger partial charge >= 0.3 is 6.03 Å². The number of fused-ring (bicyclic) bond motifs is 1. The molecule has 0 radical (unpaired) electrons. The first-order chi connectivity index (χ1) is 12.9. The van der Waals surface area contributed by atoms with Crippen LogP contribution in [0.2, 0.25) is 0 Å². The maximum absolute atomic E-state index is 12.6. The van der Waals surface area contributed by atoms with Crippen molar-refractivity contribution in [2.24, 2.45) is 0 Å². The number of anilines is 1. The zero-order valence-electron chi connectivity index (χ0n) is 14.4. The molecule has 0 aromatic heterocycles. The van der Waals surface area contributed by atoms with Gasteiger partial charge in [-0.3, -0.25) is 29.4 Å². The number of hydrogen-bond acceptors (Lipinski definition) is 5. The number of amides is 6. The van der Waals surface area contributed by atoms with Crippen molar-refractivity contribution in [3.8, 4) is 0 Å². The van der Waals surface area contributed by atoms with Gasteiger partial charge in [0.2, 0.25) is 11.8 Å². The third-order valence-electron chi connectivity index (χ3n) is 5.12. The minimum Gasteiger partial charge on any atom is -0.335 e. The van der Waals surface area contributed by atoms with Crippen LogP contribution < -0.4 is 16.0 Å². The second-order valence-corrected chi connectivity index (χ2v) is 6.95. The van der Waals surface area contributed by atoms with Gasteiger partial charge in [0.25, 0.3) is 11.8 Å². The number of benzene rings is 1. The first-order valence-electron chi connectivity index (χ1n) is 8.87. The van der Waals surface area contributed by atoms with E-state index in [9.17, 15) is 24.0 Å². The molecule has 1 atom stereocenters. The highest BCUT2D eigenvalue weighted by molar-refractivity contribution is 6.24. The maximum Gasteiger partial charge on any atom is 0.319 e. The summed E-state index contributed by atoms with van der Waals surface area (Å²) >= 11 is 0. The van der Waals surface area contributed by atoms with Crippen LogP contribution in [0, 0.1) is 0 Å². The van der Waals surface area contributed by atoms with E-state index in [0.717, 1.165) is 30.6 Å². The van der Waals surface area contributed by atoms with Crippen LogP contribution in [0.5, 0.6) is 0 Å². The van der Waals surface area contributed by atoms with Gasteiger partial charge < -0.3 is 10.6 Å². The molecule has 4 rings (SSSR count). The van der Waals surface area contributed by atoms with Gasteiger partial charge in [0, 0.05) is 11.7 Å². The molecule has 3 aliphatic rings. The van der Waals surface area contributed by atoms with E-state index in [4.69, 9.17) is 0 Å². The lowest BCUT2D eigenvalue weighted by Gasteiger charge is -2.18. The van der Waals surface area contributed by atoms with Crippen molar-refractivity contribution < 1.29 is 24.0 Å². The number of hydrogen-bond donors (Lipinski definition) is 3. The van der Waals surface area contributed by atoms with Crippen molar-refractivity contribution in [2.75, 3.05) is 5.32 Å². The molecule has 1 aliphatic carbocycles. The fourth-order valence-electron chi connectivity index (χ4n) is 3.79. The largest absolute Gasteiger partial charge is 0.335 e. The van der Waals surface area contributed by atoms with E-state index in [1.54, 1.807) is 0 Å². The van der Waals surface area contributed by atoms with Crippen molar-refractivity contribution in [2.45, 2.75) is 44.2 Å². The van der Waals surface area contributed by atoms with E-state index in [1.807, 2.05) is 0 Å². The molecule has 0 spiro atoms. The molecule has 1 saturated heterocycles. The summed E-state index contributed by atoms with van der Waals surface area (Å²) in [5.74, 6) is -2.45. The number of rotatable bonds is 3. The predicted molar refractivity (Wildman–Crippen MR) is 92.9 cm³/mol. The van der Waals surface area contributed by atoms with E-state index in [-0.39, 0.29) is 29.6 Å². The molecule has 2 heterocycles. The Morgan fingerprint density at radius 2 is 1.74 bits per heavy atom. The average Bonchev–Trinajstić information content (AvgIpc) is 3.29. The predicted octanol–water partition coefficient (Wildman–Crippen LogP) is 0.762. The highest BCUT2D eigenvalue weighted by Gasteiger charge is 2.46. The van der Waals surface area contributed by atoms with E-state index in [1.165, 1.54) is 18.2 Å². The van der Waals surface area contributed by atoms with Crippen LogP contribution in [0.3, 0.4) is 0 Å². The van der Waals surface area contributed by atoms with Crippen LogP contribution in [0.1, 0.15) is 52.8 Å². The Hall–Kier alpha value is -3.23. The summed E-state index contributed by atoms with van der Waals surface area (Å²) in [5, 5.41) is 7.64. The highest BCUT2D eigenvalue weighted by atomic mass is 16.2. The van der Waals surface area contributed by atoms with Gasteiger partial charge in [-0.05, 0) is 31.0 Å². The van der Waals surface area contributed by atoms with E-state index in [2.05, 4.69) is 16.0 Å². The molecule has 1 saturated carbocycles. The monoisotopic (exact) mass is 370 g/mol. The van der Waals surface area contributed by atoms with E-state index >= 15 is 0 Å². The Morgan fingerprint density at radius 3 is 2.41 bits per heavy atom. The Balaban J connectivity index is 1.51. The summed E-state index contributed by atoms with van der Waals surface area (Å²) < 4.78 is 0. The van der Waals surface area contributed by atoms with Gasteiger partial charge in [-0.15, -0.1) is 0 Å². The van der Waals surface area contributed by atoms with Crippen molar-refractivity contribution in [3.63, 3.8) is 0 Å². The van der Waals surface area contributed by atoms with Crippen LogP contribution in [0.4, 0.5) is 10.5 Å². The summed E-state index contributed by atoms with van der Waals surface area (Å²) in [4.78, 5) is 61.3. The maximum atomic E-state index is 12.6. The normalized spacial score (nSPS) is 22.2. The molecule has 1 aromatic rings. The average molecular weight is 370 g/mol. The summed E-state index contributed by atoms with van der Waals surface area (Å²) in [6, 6.07) is 3.04. The second kappa shape index (κ2) is 6.49. The van der Waals surface area contributed by atoms with Crippen LogP contribution in [0.25, 0.3) is 0 Å². The zero-order chi connectivity index (χ0) is 19.1. The quantitative estimate of drug-likeness (QED) is 0.678. The second-order valence-electron chi connectivity index (χ2n) is 6.95. The number of carbonyl (C=O) groups is 5. The van der Waals surface area contributed by atoms with Gasteiger partial charge in [-0.25, -0.2) is 4.79 Å². The molecular formula is C18H18N4O5. The first kappa shape index (κ1) is 17.2. The SMILES string of the molecule is O=C1CC(N2C(=O)c3ccc(NC(=O)NC4CCCC4)cc3C2=O)C(=O)N1. The van der Waals surface area contributed by atoms with Gasteiger partial charge in [-0.1, -0.05) is 12.8 Å². The molecular weight excluding hydrogens is 352 g/mol. The van der Waals surface area contributed by atoms with Gasteiger partial charge in [0.1, 0.15) is 6.04 Å². The van der Waals surface area contributed by atoms with Crippen molar-refractivity contribution >= 4 is 35.3 Å². The molecule has 9 heteroatoms. The molecule has 0 bridgehead atoms. The van der Waals surface area contributed by atoms with Crippen LogP contribution in [-0.4, -0.2) is 46.6 Å². The standard InChI is InChI=1S/C18H18N4O5/c23-14-8-13(15(24)21-14)22-16(25)11-6-5-10(7-12(11)17(22)26)20-18(27)19-9-3-1-2-4-9/h5-7,9,13H,1-4,8H2,(H2,19,20,27)(H,21,23,24). The number of imide groups is 2. The Bertz CT molecular complexity index is 875. The first-order valence-corrected chi connectivity index (χ1v) is 8.87. The fraction of sp³-hybridized carbons (Fsp3) is 0.389. The summed E-state index contributed by atoms with van der Waals surface area (Å²) in [7, 11) is 0. The summed E-state index contributed by atoms with van der Waals surface area (Å²) in [6.45, 7) is 0. The molecule has 1 unspecified atom stereocenters. The third kappa shape index (κ3) is 3.05. The Kier molecular flexibility index (Phi) is 4.14. The van der Waals surface area contributed by atoms with Gasteiger partial charge in [0.15, 0.2) is 0 Å². The molecule has 6 amide bonds. The molecule has 3 N–H and O–H groups in total. The van der Waals surface area contributed by atoms with Crippen molar-refractivity contribution in [3.05, 3.63) is 29.3 Å². The molecule has 2 aliphatic heterocycles. The van der Waals surface area contributed by atoms with Crippen molar-refractivity contribution in [1.29, 1.82) is 0 Å². The third-order valence-corrected chi connectivity index (χ3v) is 5.12. The summed E-state index contributed by atoms with van der Waals surface area (Å²) in [6.07, 6.45) is 3.84. The number of carbonyl (C=O) groups excluding carboxylic acids is 5. The van der Waals surface area contributed by atoms with Crippen LogP contribution in [-0.2, 0) is 9.59 Å². The Morgan fingerprint density at radius 1 is 1.04 bits per heavy atom. The van der Waals surface area contributed by atoms with Gasteiger partial charge in [-0.2, -0.15) is 0 Å². The van der Waals surface area contributed by atoms with Gasteiger partial charge in [0.05, 0.1) is 17.5 Å². The molecule has 1 aromatic carbocycles. The summed E-state index contributed by atoms with van der Waals surface area (Å²) in [5.41, 5.74) is 0.624. The number of nitrogens with zero attached hydrogens (tertiary/aromatic N) is 1. The topological polar surface area (TPSA) is 125 Å². The van der Waals surface area contributed by atoms with Crippen LogP contribution in [0.15, 0.2) is 18.2 Å². The molecule has 27 heavy (non-hydrogen) atoms. The molecule has 140 valence electrons. The lowest BCUT2D eigenvalue weighted by molar-refractivity contribution is -0.125. The van der Waals surface area contributed by atoms with Crippen LogP contribution >= 0.6 is 0 Å².